The lowest BCUT2D eigenvalue weighted by Gasteiger charge is -2.22. The van der Waals surface area contributed by atoms with Crippen LogP contribution < -0.4 is 5.32 Å². The number of ether oxygens (including phenoxy) is 1. The standard InChI is InChI=1S/C12H27NO/c1-5-8-12(9-6-2)13-11(4)10-14-7-3/h11-13H,5-10H2,1-4H3. The minimum atomic E-state index is 0.484. The maximum absolute atomic E-state index is 5.39. The Morgan fingerprint density at radius 1 is 1.07 bits per heavy atom. The number of nitrogens with one attached hydrogen (secondary N) is 1. The highest BCUT2D eigenvalue weighted by atomic mass is 16.5. The molecule has 0 radical (unpaired) electrons. The van der Waals surface area contributed by atoms with Crippen LogP contribution in [0.25, 0.3) is 0 Å². The molecule has 0 spiro atoms. The molecule has 0 aliphatic rings. The summed E-state index contributed by atoms with van der Waals surface area (Å²) < 4.78 is 5.39. The highest BCUT2D eigenvalue weighted by molar-refractivity contribution is 4.70. The normalized spacial score (nSPS) is 13.5. The lowest BCUT2D eigenvalue weighted by atomic mass is 10.1. The fourth-order valence-corrected chi connectivity index (χ4v) is 1.75. The molecule has 0 bridgehead atoms. The Morgan fingerprint density at radius 2 is 1.64 bits per heavy atom. The van der Waals surface area contributed by atoms with Gasteiger partial charge in [0, 0.05) is 18.7 Å². The van der Waals surface area contributed by atoms with Crippen LogP contribution in [0.2, 0.25) is 0 Å². The first-order valence-electron chi connectivity index (χ1n) is 6.08. The molecule has 0 aromatic heterocycles. The maximum Gasteiger partial charge on any atom is 0.0616 e. The lowest BCUT2D eigenvalue weighted by Crippen LogP contribution is -2.39. The van der Waals surface area contributed by atoms with E-state index in [-0.39, 0.29) is 0 Å². The van der Waals surface area contributed by atoms with E-state index in [1.54, 1.807) is 0 Å². The third kappa shape index (κ3) is 7.34. The van der Waals surface area contributed by atoms with Crippen molar-refractivity contribution < 1.29 is 4.74 Å². The van der Waals surface area contributed by atoms with Gasteiger partial charge in [-0.15, -0.1) is 0 Å². The molecular formula is C12H27NO. The Bertz CT molecular complexity index is 111. The summed E-state index contributed by atoms with van der Waals surface area (Å²) in [6.07, 6.45) is 5.09. The van der Waals surface area contributed by atoms with Gasteiger partial charge < -0.3 is 10.1 Å². The molecule has 0 saturated heterocycles. The van der Waals surface area contributed by atoms with Gasteiger partial charge in [-0.1, -0.05) is 26.7 Å². The SMILES string of the molecule is CCCC(CCC)NC(C)COCC. The quantitative estimate of drug-likeness (QED) is 0.619. The zero-order valence-corrected chi connectivity index (χ0v) is 10.3. The van der Waals surface area contributed by atoms with Gasteiger partial charge in [0.1, 0.15) is 0 Å². The maximum atomic E-state index is 5.39. The van der Waals surface area contributed by atoms with E-state index in [4.69, 9.17) is 4.74 Å². The van der Waals surface area contributed by atoms with Crippen LogP contribution in [-0.2, 0) is 4.74 Å². The summed E-state index contributed by atoms with van der Waals surface area (Å²) >= 11 is 0. The fraction of sp³-hybridized carbons (Fsp3) is 1.00. The smallest absolute Gasteiger partial charge is 0.0616 e. The molecule has 0 aromatic carbocycles. The van der Waals surface area contributed by atoms with Crippen LogP contribution in [0.5, 0.6) is 0 Å². The summed E-state index contributed by atoms with van der Waals surface area (Å²) in [5.74, 6) is 0. The van der Waals surface area contributed by atoms with Crippen molar-refractivity contribution in [3.8, 4) is 0 Å². The van der Waals surface area contributed by atoms with Crippen LogP contribution in [0.4, 0.5) is 0 Å². The van der Waals surface area contributed by atoms with Crippen LogP contribution in [-0.4, -0.2) is 25.3 Å². The molecule has 0 rings (SSSR count). The van der Waals surface area contributed by atoms with E-state index < -0.39 is 0 Å². The fourth-order valence-electron chi connectivity index (χ4n) is 1.75. The van der Waals surface area contributed by atoms with Gasteiger partial charge in [-0.2, -0.15) is 0 Å². The van der Waals surface area contributed by atoms with Crippen molar-refractivity contribution in [1.29, 1.82) is 0 Å². The molecule has 0 fully saturated rings. The first kappa shape index (κ1) is 13.9. The van der Waals surface area contributed by atoms with Gasteiger partial charge in [0.15, 0.2) is 0 Å². The second kappa shape index (κ2) is 9.47. The second-order valence-electron chi connectivity index (χ2n) is 4.00. The van der Waals surface area contributed by atoms with Gasteiger partial charge >= 0.3 is 0 Å². The second-order valence-corrected chi connectivity index (χ2v) is 4.00. The van der Waals surface area contributed by atoms with Gasteiger partial charge in [-0.25, -0.2) is 0 Å². The van der Waals surface area contributed by atoms with Gasteiger partial charge in [0.05, 0.1) is 6.61 Å². The zero-order valence-electron chi connectivity index (χ0n) is 10.3. The molecule has 0 aromatic rings. The van der Waals surface area contributed by atoms with Crippen molar-refractivity contribution in [2.75, 3.05) is 13.2 Å². The van der Waals surface area contributed by atoms with Gasteiger partial charge in [0.2, 0.25) is 0 Å². The van der Waals surface area contributed by atoms with E-state index in [0.717, 1.165) is 13.2 Å². The predicted octanol–water partition coefficient (Wildman–Crippen LogP) is 2.97. The molecule has 0 aliphatic heterocycles. The molecule has 1 atom stereocenters. The predicted molar refractivity (Wildman–Crippen MR) is 62.7 cm³/mol. The summed E-state index contributed by atoms with van der Waals surface area (Å²) in [5, 5.41) is 3.63. The molecule has 86 valence electrons. The monoisotopic (exact) mass is 201 g/mol. The van der Waals surface area contributed by atoms with Crippen molar-refractivity contribution >= 4 is 0 Å². The van der Waals surface area contributed by atoms with Gasteiger partial charge in [0.25, 0.3) is 0 Å². The Balaban J connectivity index is 3.64. The Kier molecular flexibility index (Phi) is 9.42. The Labute approximate surface area is 89.4 Å². The summed E-state index contributed by atoms with van der Waals surface area (Å²) in [6, 6.07) is 1.17. The van der Waals surface area contributed by atoms with E-state index in [1.807, 2.05) is 6.92 Å². The van der Waals surface area contributed by atoms with Crippen LogP contribution >= 0.6 is 0 Å². The zero-order chi connectivity index (χ0) is 10.8. The third-order valence-electron chi connectivity index (χ3n) is 2.37. The third-order valence-corrected chi connectivity index (χ3v) is 2.37. The van der Waals surface area contributed by atoms with E-state index in [1.165, 1.54) is 25.7 Å². The largest absolute Gasteiger partial charge is 0.380 e. The molecule has 0 heterocycles. The highest BCUT2D eigenvalue weighted by Crippen LogP contribution is 2.05. The Morgan fingerprint density at radius 3 is 2.07 bits per heavy atom. The van der Waals surface area contributed by atoms with Crippen molar-refractivity contribution in [1.82, 2.24) is 5.32 Å². The molecule has 1 N–H and O–H groups in total. The number of hydrogen-bond donors (Lipinski definition) is 1. The average Bonchev–Trinajstić information content (AvgIpc) is 2.15. The van der Waals surface area contributed by atoms with E-state index in [2.05, 4.69) is 26.1 Å². The van der Waals surface area contributed by atoms with Crippen molar-refractivity contribution in [2.24, 2.45) is 0 Å². The molecule has 2 nitrogen and oxygen atoms in total. The summed E-state index contributed by atoms with van der Waals surface area (Å²) in [7, 11) is 0. The lowest BCUT2D eigenvalue weighted by molar-refractivity contribution is 0.122. The van der Waals surface area contributed by atoms with E-state index in [9.17, 15) is 0 Å². The van der Waals surface area contributed by atoms with Crippen LogP contribution in [0.15, 0.2) is 0 Å². The minimum Gasteiger partial charge on any atom is -0.380 e. The topological polar surface area (TPSA) is 21.3 Å². The summed E-state index contributed by atoms with van der Waals surface area (Å²) in [5.41, 5.74) is 0. The van der Waals surface area contributed by atoms with Crippen molar-refractivity contribution in [3.63, 3.8) is 0 Å². The van der Waals surface area contributed by atoms with Crippen LogP contribution in [0, 0.1) is 0 Å². The molecule has 14 heavy (non-hydrogen) atoms. The van der Waals surface area contributed by atoms with Gasteiger partial charge in [-0.3, -0.25) is 0 Å². The number of rotatable bonds is 9. The van der Waals surface area contributed by atoms with Crippen molar-refractivity contribution in [3.05, 3.63) is 0 Å². The average molecular weight is 201 g/mol. The summed E-state index contributed by atoms with van der Waals surface area (Å²) in [6.45, 7) is 10.4. The van der Waals surface area contributed by atoms with Crippen LogP contribution in [0.1, 0.15) is 53.4 Å². The summed E-state index contributed by atoms with van der Waals surface area (Å²) in [4.78, 5) is 0. The molecule has 0 saturated carbocycles. The molecular weight excluding hydrogens is 174 g/mol. The van der Waals surface area contributed by atoms with Gasteiger partial charge in [-0.05, 0) is 26.7 Å². The van der Waals surface area contributed by atoms with E-state index >= 15 is 0 Å². The highest BCUT2D eigenvalue weighted by Gasteiger charge is 2.09. The first-order chi connectivity index (χ1) is 6.74. The van der Waals surface area contributed by atoms with E-state index in [0.29, 0.717) is 12.1 Å². The molecule has 0 aliphatic carbocycles. The molecule has 0 amide bonds. The Hall–Kier alpha value is -0.0800. The van der Waals surface area contributed by atoms with Crippen molar-refractivity contribution in [2.45, 2.75) is 65.5 Å². The van der Waals surface area contributed by atoms with Crippen LogP contribution in [0.3, 0.4) is 0 Å². The first-order valence-corrected chi connectivity index (χ1v) is 6.08. The minimum absolute atomic E-state index is 0.484. The molecule has 1 unspecified atom stereocenters. The number of hydrogen-bond acceptors (Lipinski definition) is 2. The molecule has 2 heteroatoms.